The molecule has 1 aromatic heterocycles. The summed E-state index contributed by atoms with van der Waals surface area (Å²) in [6, 6.07) is 18.5. The van der Waals surface area contributed by atoms with E-state index >= 15 is 0 Å². The molecule has 0 bridgehead atoms. The largest absolute Gasteiger partial charge is 0.482 e. The number of aromatic nitrogens is 2. The van der Waals surface area contributed by atoms with Gasteiger partial charge in [-0.3, -0.25) is 4.79 Å². The van der Waals surface area contributed by atoms with Crippen molar-refractivity contribution in [3.63, 3.8) is 0 Å². The molecule has 0 atom stereocenters. The Kier molecular flexibility index (Phi) is 6.64. The lowest BCUT2D eigenvalue weighted by molar-refractivity contribution is -0.118. The van der Waals surface area contributed by atoms with Gasteiger partial charge in [0.2, 0.25) is 0 Å². The lowest BCUT2D eigenvalue weighted by Crippen LogP contribution is -2.44. The van der Waals surface area contributed by atoms with E-state index < -0.39 is 0 Å². The third kappa shape index (κ3) is 5.51. The Morgan fingerprint density at radius 3 is 2.42 bits per heavy atom. The van der Waals surface area contributed by atoms with Crippen LogP contribution in [-0.4, -0.2) is 60.8 Å². The average Bonchev–Trinajstić information content (AvgIpc) is 2.80. The number of carbonyl (C=O) groups is 1. The van der Waals surface area contributed by atoms with Crippen molar-refractivity contribution < 1.29 is 9.53 Å². The van der Waals surface area contributed by atoms with Gasteiger partial charge in [0.25, 0.3) is 5.91 Å². The summed E-state index contributed by atoms with van der Waals surface area (Å²) in [4.78, 5) is 16.7. The van der Waals surface area contributed by atoms with Crippen molar-refractivity contribution >= 4 is 29.0 Å². The standard InChI is InChI=1S/C23H24ClN5O2/c1-28-12-14-29(15-13-28)22-11-10-20(26-27-22)17-6-8-18(9-7-17)25-23(30)16-31-21-5-3-2-4-19(21)24/h2-11H,12-16H2,1H3,(H,25,30). The van der Waals surface area contributed by atoms with Crippen LogP contribution in [0.1, 0.15) is 0 Å². The number of anilines is 2. The number of halogens is 1. The van der Waals surface area contributed by atoms with E-state index in [2.05, 4.69) is 32.4 Å². The molecule has 0 aliphatic carbocycles. The smallest absolute Gasteiger partial charge is 0.262 e. The molecule has 1 aliphatic heterocycles. The van der Waals surface area contributed by atoms with Gasteiger partial charge in [-0.25, -0.2) is 0 Å². The van der Waals surface area contributed by atoms with Gasteiger partial charge in [0, 0.05) is 37.4 Å². The average molecular weight is 438 g/mol. The zero-order chi connectivity index (χ0) is 21.6. The number of hydrogen-bond acceptors (Lipinski definition) is 6. The summed E-state index contributed by atoms with van der Waals surface area (Å²) in [6.45, 7) is 3.85. The highest BCUT2D eigenvalue weighted by Gasteiger charge is 2.15. The Labute approximate surface area is 186 Å². The lowest BCUT2D eigenvalue weighted by Gasteiger charge is -2.32. The molecule has 1 saturated heterocycles. The monoisotopic (exact) mass is 437 g/mol. The van der Waals surface area contributed by atoms with E-state index in [1.54, 1.807) is 24.3 Å². The van der Waals surface area contributed by atoms with Gasteiger partial charge >= 0.3 is 0 Å². The van der Waals surface area contributed by atoms with Gasteiger partial charge in [-0.15, -0.1) is 10.2 Å². The summed E-state index contributed by atoms with van der Waals surface area (Å²) in [6.07, 6.45) is 0. The maximum atomic E-state index is 12.2. The highest BCUT2D eigenvalue weighted by atomic mass is 35.5. The van der Waals surface area contributed by atoms with Crippen molar-refractivity contribution in [1.29, 1.82) is 0 Å². The molecule has 1 N–H and O–H groups in total. The molecule has 2 aromatic carbocycles. The predicted octanol–water partition coefficient (Wildman–Crippen LogP) is 3.57. The van der Waals surface area contributed by atoms with Gasteiger partial charge in [-0.2, -0.15) is 0 Å². The van der Waals surface area contributed by atoms with Crippen LogP contribution in [0.25, 0.3) is 11.3 Å². The van der Waals surface area contributed by atoms with E-state index in [1.165, 1.54) is 0 Å². The van der Waals surface area contributed by atoms with Gasteiger partial charge in [0.05, 0.1) is 10.7 Å². The topological polar surface area (TPSA) is 70.6 Å². The fourth-order valence-corrected chi connectivity index (χ4v) is 3.50. The zero-order valence-electron chi connectivity index (χ0n) is 17.3. The van der Waals surface area contributed by atoms with Crippen molar-refractivity contribution in [3.8, 4) is 17.0 Å². The molecule has 0 spiro atoms. The minimum atomic E-state index is -0.260. The molecule has 8 heteroatoms. The van der Waals surface area contributed by atoms with E-state index in [4.69, 9.17) is 16.3 Å². The summed E-state index contributed by atoms with van der Waals surface area (Å²) in [5.41, 5.74) is 2.40. The first kappa shape index (κ1) is 21.1. The molecule has 4 rings (SSSR count). The first-order valence-electron chi connectivity index (χ1n) is 10.1. The Morgan fingerprint density at radius 1 is 1.00 bits per heavy atom. The Bertz CT molecular complexity index is 1020. The molecule has 160 valence electrons. The highest BCUT2D eigenvalue weighted by Crippen LogP contribution is 2.23. The maximum Gasteiger partial charge on any atom is 0.262 e. The summed E-state index contributed by atoms with van der Waals surface area (Å²) >= 11 is 6.03. The molecular weight excluding hydrogens is 414 g/mol. The second-order valence-electron chi connectivity index (χ2n) is 7.41. The third-order valence-corrected chi connectivity index (χ3v) is 5.45. The number of carbonyl (C=O) groups excluding carboxylic acids is 1. The van der Waals surface area contributed by atoms with E-state index in [-0.39, 0.29) is 12.5 Å². The van der Waals surface area contributed by atoms with Crippen LogP contribution in [0.2, 0.25) is 5.02 Å². The van der Waals surface area contributed by atoms with Crippen molar-refractivity contribution in [2.24, 2.45) is 0 Å². The first-order chi connectivity index (χ1) is 15.1. The van der Waals surface area contributed by atoms with E-state index in [0.717, 1.165) is 43.3 Å². The second kappa shape index (κ2) is 9.76. The van der Waals surface area contributed by atoms with Gasteiger partial charge in [-0.05, 0) is 43.4 Å². The quantitative estimate of drug-likeness (QED) is 0.635. The number of rotatable bonds is 6. The Morgan fingerprint density at radius 2 is 1.74 bits per heavy atom. The minimum absolute atomic E-state index is 0.120. The predicted molar refractivity (Wildman–Crippen MR) is 123 cm³/mol. The van der Waals surface area contributed by atoms with Crippen LogP contribution in [0.15, 0.2) is 60.7 Å². The summed E-state index contributed by atoms with van der Waals surface area (Å²) in [5.74, 6) is 1.12. The van der Waals surface area contributed by atoms with Gasteiger partial charge < -0.3 is 19.9 Å². The summed E-state index contributed by atoms with van der Waals surface area (Å²) in [5, 5.41) is 12.1. The summed E-state index contributed by atoms with van der Waals surface area (Å²) in [7, 11) is 2.13. The number of nitrogens with zero attached hydrogens (tertiary/aromatic N) is 4. The molecule has 3 aromatic rings. The molecule has 1 aliphatic rings. The van der Waals surface area contributed by atoms with Crippen molar-refractivity contribution in [1.82, 2.24) is 15.1 Å². The van der Waals surface area contributed by atoms with Gasteiger partial charge in [-0.1, -0.05) is 35.9 Å². The van der Waals surface area contributed by atoms with Crippen LogP contribution in [0.5, 0.6) is 5.75 Å². The molecule has 2 heterocycles. The SMILES string of the molecule is CN1CCN(c2ccc(-c3ccc(NC(=O)COc4ccccc4Cl)cc3)nn2)CC1. The van der Waals surface area contributed by atoms with Crippen molar-refractivity contribution in [2.75, 3.05) is 50.1 Å². The fourth-order valence-electron chi connectivity index (χ4n) is 3.31. The number of hydrogen-bond donors (Lipinski definition) is 1. The van der Waals surface area contributed by atoms with E-state index in [0.29, 0.717) is 16.5 Å². The van der Waals surface area contributed by atoms with E-state index in [1.807, 2.05) is 36.4 Å². The van der Waals surface area contributed by atoms with Crippen molar-refractivity contribution in [2.45, 2.75) is 0 Å². The number of piperazine rings is 1. The molecule has 1 amide bonds. The van der Waals surface area contributed by atoms with Crippen LogP contribution < -0.4 is 15.0 Å². The minimum Gasteiger partial charge on any atom is -0.482 e. The number of amides is 1. The maximum absolute atomic E-state index is 12.2. The number of ether oxygens (including phenoxy) is 1. The molecule has 0 unspecified atom stereocenters. The molecule has 0 radical (unpaired) electrons. The molecule has 31 heavy (non-hydrogen) atoms. The third-order valence-electron chi connectivity index (χ3n) is 5.14. The number of nitrogens with one attached hydrogen (secondary N) is 1. The highest BCUT2D eigenvalue weighted by molar-refractivity contribution is 6.32. The van der Waals surface area contributed by atoms with Crippen LogP contribution in [0.4, 0.5) is 11.5 Å². The van der Waals surface area contributed by atoms with Crippen LogP contribution in [0.3, 0.4) is 0 Å². The fraction of sp³-hybridized carbons (Fsp3) is 0.261. The Balaban J connectivity index is 1.32. The molecule has 0 saturated carbocycles. The van der Waals surface area contributed by atoms with Crippen LogP contribution in [0, 0.1) is 0 Å². The lowest BCUT2D eigenvalue weighted by atomic mass is 10.1. The normalized spacial score (nSPS) is 14.3. The number of para-hydroxylation sites is 1. The van der Waals surface area contributed by atoms with Crippen LogP contribution >= 0.6 is 11.6 Å². The van der Waals surface area contributed by atoms with E-state index in [9.17, 15) is 4.79 Å². The van der Waals surface area contributed by atoms with Gasteiger partial charge in [0.15, 0.2) is 12.4 Å². The van der Waals surface area contributed by atoms with Crippen LogP contribution in [-0.2, 0) is 4.79 Å². The van der Waals surface area contributed by atoms with Gasteiger partial charge in [0.1, 0.15) is 5.75 Å². The van der Waals surface area contributed by atoms with Crippen molar-refractivity contribution in [3.05, 3.63) is 65.7 Å². The first-order valence-corrected chi connectivity index (χ1v) is 10.5. The molecule has 1 fully saturated rings. The molecule has 7 nitrogen and oxygen atoms in total. The summed E-state index contributed by atoms with van der Waals surface area (Å²) < 4.78 is 5.46. The Hall–Kier alpha value is -3.16. The zero-order valence-corrected chi connectivity index (χ0v) is 18.0. The number of benzene rings is 2. The second-order valence-corrected chi connectivity index (χ2v) is 7.82. The number of likely N-dealkylation sites (N-methyl/N-ethyl adjacent to an activating group) is 1. The molecular formula is C23H24ClN5O2.